The van der Waals surface area contributed by atoms with Gasteiger partial charge in [-0.1, -0.05) is 13.0 Å². The van der Waals surface area contributed by atoms with Gasteiger partial charge in [0.15, 0.2) is 0 Å². The Labute approximate surface area is 118 Å². The third-order valence-corrected chi connectivity index (χ3v) is 4.14. The molecule has 0 aliphatic carbocycles. The fraction of sp³-hybridized carbons (Fsp3) is 0.538. The first kappa shape index (κ1) is 17.0. The Morgan fingerprint density at radius 2 is 2.10 bits per heavy atom. The molecule has 0 saturated heterocycles. The molecule has 0 amide bonds. The summed E-state index contributed by atoms with van der Waals surface area (Å²) in [6.07, 6.45) is 1.44. The van der Waals surface area contributed by atoms with Crippen molar-refractivity contribution in [2.24, 2.45) is 0 Å². The molecular weight excluding hydrogens is 285 g/mol. The van der Waals surface area contributed by atoms with Crippen LogP contribution in [-0.4, -0.2) is 33.3 Å². The molecule has 0 bridgehead atoms. The minimum Gasteiger partial charge on any atom is -0.392 e. The van der Waals surface area contributed by atoms with E-state index in [1.165, 1.54) is 6.07 Å². The van der Waals surface area contributed by atoms with Gasteiger partial charge in [-0.15, -0.1) is 0 Å². The number of halogens is 1. The first-order valence-corrected chi connectivity index (χ1v) is 7.96. The fourth-order valence-electron chi connectivity index (χ4n) is 1.61. The van der Waals surface area contributed by atoms with E-state index in [-0.39, 0.29) is 17.0 Å². The summed E-state index contributed by atoms with van der Waals surface area (Å²) < 4.78 is 44.8. The number of ether oxygens (including phenoxy) is 1. The Bertz CT molecular complexity index is 519. The average molecular weight is 305 g/mol. The van der Waals surface area contributed by atoms with Gasteiger partial charge < -0.3 is 9.84 Å². The minimum atomic E-state index is -3.82. The summed E-state index contributed by atoms with van der Waals surface area (Å²) in [6.45, 7) is 2.84. The first-order chi connectivity index (χ1) is 9.51. The lowest BCUT2D eigenvalue weighted by Crippen LogP contribution is -2.26. The van der Waals surface area contributed by atoms with Crippen molar-refractivity contribution >= 4 is 10.0 Å². The maximum atomic E-state index is 13.1. The largest absolute Gasteiger partial charge is 0.392 e. The van der Waals surface area contributed by atoms with E-state index >= 15 is 0 Å². The quantitative estimate of drug-likeness (QED) is 0.677. The highest BCUT2D eigenvalue weighted by atomic mass is 32.2. The molecule has 1 aromatic rings. The van der Waals surface area contributed by atoms with Crippen LogP contribution in [0.2, 0.25) is 0 Å². The van der Waals surface area contributed by atoms with Crippen LogP contribution in [0.3, 0.4) is 0 Å². The molecule has 114 valence electrons. The molecule has 20 heavy (non-hydrogen) atoms. The standard InChI is InChI=1S/C13H20FNO4S/c1-2-7-19-8-3-6-15-20(17,18)13-9-12(14)5-4-11(13)10-16/h4-5,9,15-16H,2-3,6-8,10H2,1H3. The molecule has 0 unspecified atom stereocenters. The van der Waals surface area contributed by atoms with Crippen molar-refractivity contribution in [3.63, 3.8) is 0 Å². The van der Waals surface area contributed by atoms with Crippen molar-refractivity contribution in [2.45, 2.75) is 31.3 Å². The van der Waals surface area contributed by atoms with E-state index in [0.717, 1.165) is 18.6 Å². The molecule has 0 radical (unpaired) electrons. The number of aliphatic hydroxyl groups excluding tert-OH is 1. The molecule has 0 spiro atoms. The highest BCUT2D eigenvalue weighted by Crippen LogP contribution is 2.17. The Morgan fingerprint density at radius 1 is 1.35 bits per heavy atom. The topological polar surface area (TPSA) is 75.6 Å². The van der Waals surface area contributed by atoms with Crippen LogP contribution in [0.5, 0.6) is 0 Å². The number of sulfonamides is 1. The predicted octanol–water partition coefficient (Wildman–Crippen LogP) is 1.41. The van der Waals surface area contributed by atoms with Gasteiger partial charge in [0.05, 0.1) is 11.5 Å². The lowest BCUT2D eigenvalue weighted by Gasteiger charge is -2.10. The maximum Gasteiger partial charge on any atom is 0.241 e. The van der Waals surface area contributed by atoms with Crippen LogP contribution in [0, 0.1) is 5.82 Å². The average Bonchev–Trinajstić information content (AvgIpc) is 2.42. The van der Waals surface area contributed by atoms with Crippen molar-refractivity contribution in [3.8, 4) is 0 Å². The van der Waals surface area contributed by atoms with Gasteiger partial charge in [-0.25, -0.2) is 17.5 Å². The molecule has 7 heteroatoms. The van der Waals surface area contributed by atoms with Crippen LogP contribution in [0.1, 0.15) is 25.3 Å². The second-order valence-corrected chi connectivity index (χ2v) is 6.01. The van der Waals surface area contributed by atoms with Crippen molar-refractivity contribution in [1.29, 1.82) is 0 Å². The van der Waals surface area contributed by atoms with E-state index in [4.69, 9.17) is 9.84 Å². The molecule has 5 nitrogen and oxygen atoms in total. The summed E-state index contributed by atoms with van der Waals surface area (Å²) in [7, 11) is -3.82. The van der Waals surface area contributed by atoms with E-state index in [2.05, 4.69) is 4.72 Å². The third kappa shape index (κ3) is 5.16. The summed E-state index contributed by atoms with van der Waals surface area (Å²) in [5, 5.41) is 9.11. The van der Waals surface area contributed by atoms with Gasteiger partial charge >= 0.3 is 0 Å². The van der Waals surface area contributed by atoms with Crippen molar-refractivity contribution in [1.82, 2.24) is 4.72 Å². The van der Waals surface area contributed by atoms with Gasteiger partial charge in [-0.2, -0.15) is 0 Å². The Kier molecular flexibility index (Phi) is 7.08. The zero-order valence-corrected chi connectivity index (χ0v) is 12.2. The van der Waals surface area contributed by atoms with E-state index < -0.39 is 22.4 Å². The maximum absolute atomic E-state index is 13.1. The molecule has 2 N–H and O–H groups in total. The van der Waals surface area contributed by atoms with Gasteiger partial charge in [-0.05, 0) is 30.5 Å². The van der Waals surface area contributed by atoms with E-state index in [9.17, 15) is 12.8 Å². The van der Waals surface area contributed by atoms with Gasteiger partial charge in [-0.3, -0.25) is 0 Å². The zero-order chi connectivity index (χ0) is 15.0. The van der Waals surface area contributed by atoms with Crippen molar-refractivity contribution in [2.75, 3.05) is 19.8 Å². The summed E-state index contributed by atoms with van der Waals surface area (Å²) in [5.74, 6) is -0.658. The highest BCUT2D eigenvalue weighted by molar-refractivity contribution is 7.89. The number of rotatable bonds is 9. The molecule has 0 heterocycles. The van der Waals surface area contributed by atoms with Crippen LogP contribution in [0.15, 0.2) is 23.1 Å². The van der Waals surface area contributed by atoms with Crippen molar-refractivity contribution in [3.05, 3.63) is 29.6 Å². The summed E-state index contributed by atoms with van der Waals surface area (Å²) >= 11 is 0. The Balaban J connectivity index is 2.62. The van der Waals surface area contributed by atoms with Crippen LogP contribution in [-0.2, 0) is 21.4 Å². The van der Waals surface area contributed by atoms with Gasteiger partial charge in [0.25, 0.3) is 0 Å². The molecule has 1 rings (SSSR count). The van der Waals surface area contributed by atoms with Gasteiger partial charge in [0.1, 0.15) is 5.82 Å². The molecule has 1 aromatic carbocycles. The molecular formula is C13H20FNO4S. The normalized spacial score (nSPS) is 11.8. The predicted molar refractivity (Wildman–Crippen MR) is 73.2 cm³/mol. The fourth-order valence-corrected chi connectivity index (χ4v) is 2.93. The van der Waals surface area contributed by atoms with Crippen LogP contribution in [0.25, 0.3) is 0 Å². The SMILES string of the molecule is CCCOCCCNS(=O)(=O)c1cc(F)ccc1CO. The van der Waals surface area contributed by atoms with Crippen LogP contribution < -0.4 is 4.72 Å². The molecule has 0 fully saturated rings. The van der Waals surface area contributed by atoms with E-state index in [1.54, 1.807) is 0 Å². The van der Waals surface area contributed by atoms with Crippen molar-refractivity contribution < 1.29 is 22.7 Å². The molecule has 0 saturated carbocycles. The van der Waals surface area contributed by atoms with Crippen LogP contribution >= 0.6 is 0 Å². The Morgan fingerprint density at radius 3 is 2.75 bits per heavy atom. The summed E-state index contributed by atoms with van der Waals surface area (Å²) in [4.78, 5) is -0.227. The number of benzene rings is 1. The molecule has 0 aliphatic heterocycles. The zero-order valence-electron chi connectivity index (χ0n) is 11.4. The molecule has 0 aliphatic rings. The van der Waals surface area contributed by atoms with Gasteiger partial charge in [0, 0.05) is 19.8 Å². The molecule has 0 atom stereocenters. The smallest absolute Gasteiger partial charge is 0.241 e. The number of hydrogen-bond acceptors (Lipinski definition) is 4. The minimum absolute atomic E-state index is 0.168. The van der Waals surface area contributed by atoms with Gasteiger partial charge in [0.2, 0.25) is 10.0 Å². The lowest BCUT2D eigenvalue weighted by molar-refractivity contribution is 0.133. The second kappa shape index (κ2) is 8.31. The van der Waals surface area contributed by atoms with E-state index in [0.29, 0.717) is 19.6 Å². The second-order valence-electron chi connectivity index (χ2n) is 4.27. The summed E-state index contributed by atoms with van der Waals surface area (Å²) in [6, 6.07) is 3.28. The molecule has 0 aromatic heterocycles. The Hall–Kier alpha value is -1.02. The third-order valence-electron chi connectivity index (χ3n) is 2.60. The number of hydrogen-bond donors (Lipinski definition) is 2. The summed E-state index contributed by atoms with van der Waals surface area (Å²) in [5.41, 5.74) is 0.168. The lowest BCUT2D eigenvalue weighted by atomic mass is 10.2. The van der Waals surface area contributed by atoms with E-state index in [1.807, 2.05) is 6.92 Å². The highest BCUT2D eigenvalue weighted by Gasteiger charge is 2.18. The number of aliphatic hydroxyl groups is 1. The van der Waals surface area contributed by atoms with Crippen LogP contribution in [0.4, 0.5) is 4.39 Å². The number of nitrogens with one attached hydrogen (secondary N) is 1. The first-order valence-electron chi connectivity index (χ1n) is 6.48. The monoisotopic (exact) mass is 305 g/mol.